The molecule has 0 spiro atoms. The Morgan fingerprint density at radius 2 is 2.10 bits per heavy atom. The average molecular weight is 291 g/mol. The Kier molecular flexibility index (Phi) is 6.02. The van der Waals surface area contributed by atoms with E-state index in [0.717, 1.165) is 24.3 Å². The third-order valence-corrected chi connectivity index (χ3v) is 3.72. The number of benzene rings is 1. The largest absolute Gasteiger partial charge is 0.383 e. The second-order valence-electron chi connectivity index (χ2n) is 5.41. The number of ether oxygens (including phenoxy) is 1. The third kappa shape index (κ3) is 4.72. The predicted molar refractivity (Wildman–Crippen MR) is 86.0 cm³/mol. The Balaban J connectivity index is 1.86. The molecule has 21 heavy (non-hydrogen) atoms. The molecule has 0 aromatic heterocycles. The smallest absolute Gasteiger partial charge is 0.238 e. The van der Waals surface area contributed by atoms with Gasteiger partial charge in [0.1, 0.15) is 0 Å². The van der Waals surface area contributed by atoms with E-state index in [2.05, 4.69) is 27.7 Å². The molecule has 1 fully saturated rings. The van der Waals surface area contributed by atoms with Crippen molar-refractivity contribution < 1.29 is 9.53 Å². The summed E-state index contributed by atoms with van der Waals surface area (Å²) in [5, 5.41) is 5.98. The van der Waals surface area contributed by atoms with Crippen molar-refractivity contribution in [1.82, 2.24) is 5.32 Å². The number of anilines is 2. The van der Waals surface area contributed by atoms with Crippen molar-refractivity contribution in [3.63, 3.8) is 0 Å². The third-order valence-electron chi connectivity index (χ3n) is 3.72. The zero-order valence-corrected chi connectivity index (χ0v) is 12.9. The number of nitrogens with zero attached hydrogens (tertiary/aromatic N) is 1. The van der Waals surface area contributed by atoms with Gasteiger partial charge in [0.2, 0.25) is 5.91 Å². The van der Waals surface area contributed by atoms with Crippen LogP contribution < -0.4 is 15.5 Å². The van der Waals surface area contributed by atoms with Crippen LogP contribution in [0.15, 0.2) is 18.2 Å². The molecule has 1 amide bonds. The standard InChI is InChI=1S/C16H25N3O2/c1-13-11-14(19-8-3-4-9-19)5-6-15(13)18-16(20)12-17-7-10-21-2/h5-6,11,17H,3-4,7-10,12H2,1-2H3,(H,18,20). The summed E-state index contributed by atoms with van der Waals surface area (Å²) >= 11 is 0. The zero-order valence-electron chi connectivity index (χ0n) is 12.9. The number of hydrogen-bond acceptors (Lipinski definition) is 4. The summed E-state index contributed by atoms with van der Waals surface area (Å²) in [6.07, 6.45) is 2.54. The van der Waals surface area contributed by atoms with Gasteiger partial charge in [-0.2, -0.15) is 0 Å². The first-order valence-electron chi connectivity index (χ1n) is 7.56. The average Bonchev–Trinajstić information content (AvgIpc) is 3.00. The lowest BCUT2D eigenvalue weighted by atomic mass is 10.1. The molecule has 2 rings (SSSR count). The fraction of sp³-hybridized carbons (Fsp3) is 0.562. The zero-order chi connectivity index (χ0) is 15.1. The van der Waals surface area contributed by atoms with Crippen molar-refractivity contribution in [2.75, 3.05) is 50.1 Å². The highest BCUT2D eigenvalue weighted by atomic mass is 16.5. The molecule has 5 heteroatoms. The number of amides is 1. The number of carbonyl (C=O) groups excluding carboxylic acids is 1. The van der Waals surface area contributed by atoms with Gasteiger partial charge in [0.25, 0.3) is 0 Å². The molecule has 0 atom stereocenters. The molecular weight excluding hydrogens is 266 g/mol. The summed E-state index contributed by atoms with van der Waals surface area (Å²) in [4.78, 5) is 14.2. The Hall–Kier alpha value is -1.59. The van der Waals surface area contributed by atoms with E-state index in [9.17, 15) is 4.79 Å². The van der Waals surface area contributed by atoms with E-state index in [-0.39, 0.29) is 5.91 Å². The molecule has 1 aliphatic rings. The fourth-order valence-corrected chi connectivity index (χ4v) is 2.53. The maximum absolute atomic E-state index is 11.8. The SMILES string of the molecule is COCCNCC(=O)Nc1ccc(N2CCCC2)cc1C. The highest BCUT2D eigenvalue weighted by Gasteiger charge is 2.13. The summed E-state index contributed by atoms with van der Waals surface area (Å²) in [6, 6.07) is 6.24. The van der Waals surface area contributed by atoms with Crippen LogP contribution in [0.1, 0.15) is 18.4 Å². The van der Waals surface area contributed by atoms with Crippen LogP contribution in [0.5, 0.6) is 0 Å². The normalized spacial score (nSPS) is 14.5. The minimum Gasteiger partial charge on any atom is -0.383 e. The first kappa shape index (κ1) is 15.8. The highest BCUT2D eigenvalue weighted by molar-refractivity contribution is 5.93. The Morgan fingerprint density at radius 1 is 1.33 bits per heavy atom. The van der Waals surface area contributed by atoms with Crippen LogP contribution in [0.25, 0.3) is 0 Å². The molecule has 1 heterocycles. The maximum Gasteiger partial charge on any atom is 0.238 e. The van der Waals surface area contributed by atoms with Crippen LogP contribution in [0.3, 0.4) is 0 Å². The Labute approximate surface area is 126 Å². The van der Waals surface area contributed by atoms with E-state index in [4.69, 9.17) is 4.74 Å². The van der Waals surface area contributed by atoms with Crippen molar-refractivity contribution in [3.05, 3.63) is 23.8 Å². The number of carbonyl (C=O) groups is 1. The van der Waals surface area contributed by atoms with E-state index in [1.165, 1.54) is 18.5 Å². The quantitative estimate of drug-likeness (QED) is 0.752. The molecule has 0 aliphatic carbocycles. The van der Waals surface area contributed by atoms with Gasteiger partial charge in [-0.05, 0) is 43.5 Å². The lowest BCUT2D eigenvalue weighted by Crippen LogP contribution is -2.30. The van der Waals surface area contributed by atoms with Crippen molar-refractivity contribution in [2.24, 2.45) is 0 Å². The summed E-state index contributed by atoms with van der Waals surface area (Å²) in [5.41, 5.74) is 3.24. The molecule has 1 saturated heterocycles. The first-order valence-corrected chi connectivity index (χ1v) is 7.56. The van der Waals surface area contributed by atoms with E-state index in [1.807, 2.05) is 13.0 Å². The molecule has 116 valence electrons. The van der Waals surface area contributed by atoms with Gasteiger partial charge in [-0.25, -0.2) is 0 Å². The van der Waals surface area contributed by atoms with Crippen LogP contribution >= 0.6 is 0 Å². The van der Waals surface area contributed by atoms with E-state index >= 15 is 0 Å². The number of rotatable bonds is 7. The van der Waals surface area contributed by atoms with E-state index in [1.54, 1.807) is 7.11 Å². The second-order valence-corrected chi connectivity index (χ2v) is 5.41. The molecule has 1 aliphatic heterocycles. The molecule has 0 radical (unpaired) electrons. The molecule has 1 aromatic carbocycles. The van der Waals surface area contributed by atoms with Gasteiger partial charge in [-0.3, -0.25) is 4.79 Å². The van der Waals surface area contributed by atoms with Crippen molar-refractivity contribution in [3.8, 4) is 0 Å². The highest BCUT2D eigenvalue weighted by Crippen LogP contribution is 2.25. The van der Waals surface area contributed by atoms with Crippen molar-refractivity contribution >= 4 is 17.3 Å². The monoisotopic (exact) mass is 291 g/mol. The molecule has 1 aromatic rings. The number of aryl methyl sites for hydroxylation is 1. The molecule has 0 unspecified atom stereocenters. The van der Waals surface area contributed by atoms with Gasteiger partial charge < -0.3 is 20.3 Å². The minimum absolute atomic E-state index is 0.0249. The summed E-state index contributed by atoms with van der Waals surface area (Å²) in [6.45, 7) is 5.89. The molecule has 5 nitrogen and oxygen atoms in total. The van der Waals surface area contributed by atoms with Crippen LogP contribution in [-0.2, 0) is 9.53 Å². The maximum atomic E-state index is 11.8. The number of nitrogens with one attached hydrogen (secondary N) is 2. The van der Waals surface area contributed by atoms with Gasteiger partial charge in [0, 0.05) is 38.1 Å². The molecular formula is C16H25N3O2. The number of hydrogen-bond donors (Lipinski definition) is 2. The fourth-order valence-electron chi connectivity index (χ4n) is 2.53. The van der Waals surface area contributed by atoms with Gasteiger partial charge in [0.05, 0.1) is 13.2 Å². The van der Waals surface area contributed by atoms with Crippen LogP contribution in [0.4, 0.5) is 11.4 Å². The summed E-state index contributed by atoms with van der Waals surface area (Å²) < 4.78 is 4.92. The van der Waals surface area contributed by atoms with Crippen LogP contribution in [0.2, 0.25) is 0 Å². The Morgan fingerprint density at radius 3 is 2.76 bits per heavy atom. The molecule has 0 saturated carbocycles. The second kappa shape index (κ2) is 8.00. The lowest BCUT2D eigenvalue weighted by molar-refractivity contribution is -0.115. The lowest BCUT2D eigenvalue weighted by Gasteiger charge is -2.19. The first-order chi connectivity index (χ1) is 10.2. The van der Waals surface area contributed by atoms with E-state index < -0.39 is 0 Å². The summed E-state index contributed by atoms with van der Waals surface area (Å²) in [7, 11) is 1.65. The van der Waals surface area contributed by atoms with Crippen molar-refractivity contribution in [1.29, 1.82) is 0 Å². The number of methoxy groups -OCH3 is 1. The molecule has 2 N–H and O–H groups in total. The van der Waals surface area contributed by atoms with E-state index in [0.29, 0.717) is 19.7 Å². The van der Waals surface area contributed by atoms with Gasteiger partial charge in [-0.15, -0.1) is 0 Å². The minimum atomic E-state index is -0.0249. The van der Waals surface area contributed by atoms with Gasteiger partial charge in [-0.1, -0.05) is 0 Å². The molecule has 0 bridgehead atoms. The van der Waals surface area contributed by atoms with Crippen LogP contribution in [0, 0.1) is 6.92 Å². The van der Waals surface area contributed by atoms with Gasteiger partial charge in [0.15, 0.2) is 0 Å². The Bertz CT molecular complexity index is 471. The van der Waals surface area contributed by atoms with Crippen LogP contribution in [-0.4, -0.2) is 45.8 Å². The van der Waals surface area contributed by atoms with Crippen molar-refractivity contribution in [2.45, 2.75) is 19.8 Å². The predicted octanol–water partition coefficient (Wildman–Crippen LogP) is 1.77. The topological polar surface area (TPSA) is 53.6 Å². The summed E-state index contributed by atoms with van der Waals surface area (Å²) in [5.74, 6) is -0.0249. The van der Waals surface area contributed by atoms with Gasteiger partial charge >= 0.3 is 0 Å².